The zero-order valence-electron chi connectivity index (χ0n) is 19.3. The summed E-state index contributed by atoms with van der Waals surface area (Å²) in [4.78, 5) is 13.0. The first-order valence-electron chi connectivity index (χ1n) is 11.1. The van der Waals surface area contributed by atoms with Crippen molar-refractivity contribution >= 4 is 32.8 Å². The molecule has 4 N–H and O–H groups in total. The third-order valence-corrected chi connectivity index (χ3v) is 6.34. The van der Waals surface area contributed by atoms with E-state index >= 15 is 0 Å². The van der Waals surface area contributed by atoms with Gasteiger partial charge in [-0.25, -0.2) is 27.9 Å². The summed E-state index contributed by atoms with van der Waals surface area (Å²) < 4.78 is 75.6. The maximum atomic E-state index is 13.3. The summed E-state index contributed by atoms with van der Waals surface area (Å²) in [7, 11) is -3.87. The number of nitrogens with one attached hydrogen (secondary N) is 2. The number of sulfonamides is 1. The van der Waals surface area contributed by atoms with Crippen LogP contribution in [0.5, 0.6) is 0 Å². The predicted octanol–water partition coefficient (Wildman–Crippen LogP) is 4.50. The Bertz CT molecular complexity index is 1510. The third-order valence-electron chi connectivity index (χ3n) is 5.32. The van der Waals surface area contributed by atoms with Crippen LogP contribution in [-0.2, 0) is 16.4 Å². The molecule has 0 amide bonds. The Balaban J connectivity index is 1.56. The number of alkyl halides is 3. The Morgan fingerprint density at radius 2 is 1.62 bits per heavy atom. The Morgan fingerprint density at radius 1 is 0.892 bits per heavy atom. The zero-order chi connectivity index (χ0) is 26.6. The highest BCUT2D eigenvalue weighted by Gasteiger charge is 2.27. The molecule has 0 spiro atoms. The van der Waals surface area contributed by atoms with Gasteiger partial charge < -0.3 is 10.6 Å². The van der Waals surface area contributed by atoms with E-state index in [1.54, 1.807) is 30.3 Å². The molecule has 4 rings (SSSR count). The van der Waals surface area contributed by atoms with Crippen LogP contribution >= 0.6 is 0 Å². The second-order valence-corrected chi connectivity index (χ2v) is 9.65. The molecule has 37 heavy (non-hydrogen) atoms. The van der Waals surface area contributed by atoms with Crippen molar-refractivity contribution in [2.75, 3.05) is 23.7 Å². The van der Waals surface area contributed by atoms with Crippen molar-refractivity contribution in [3.63, 3.8) is 0 Å². The number of pyridine rings is 1. The quantitative estimate of drug-likeness (QED) is 0.214. The molecule has 2 heterocycles. The topological polar surface area (TPSA) is 123 Å². The fourth-order valence-corrected chi connectivity index (χ4v) is 4.45. The average Bonchev–Trinajstić information content (AvgIpc) is 2.84. The molecule has 2 aromatic carbocycles. The van der Waals surface area contributed by atoms with Crippen molar-refractivity contribution in [3.05, 3.63) is 72.0 Å². The highest BCUT2D eigenvalue weighted by Crippen LogP contribution is 2.26. The number of hydrogen-bond donors (Lipinski definition) is 3. The maximum absolute atomic E-state index is 13.3. The second-order valence-electron chi connectivity index (χ2n) is 8.12. The first-order chi connectivity index (χ1) is 17.5. The lowest BCUT2D eigenvalue weighted by Gasteiger charge is -2.14. The van der Waals surface area contributed by atoms with Crippen LogP contribution in [0.4, 0.5) is 29.3 Å². The zero-order valence-corrected chi connectivity index (χ0v) is 20.1. The summed E-state index contributed by atoms with van der Waals surface area (Å²) in [6.45, 7) is -1.02. The van der Waals surface area contributed by atoms with Crippen molar-refractivity contribution in [1.82, 2.24) is 15.0 Å². The summed E-state index contributed by atoms with van der Waals surface area (Å²) in [5.41, 5.74) is 1.97. The van der Waals surface area contributed by atoms with Crippen LogP contribution in [-0.4, -0.2) is 42.6 Å². The molecule has 8 nitrogen and oxygen atoms in total. The van der Waals surface area contributed by atoms with Gasteiger partial charge in [-0.3, -0.25) is 0 Å². The molecule has 194 valence electrons. The molecule has 2 aromatic heterocycles. The number of primary sulfonamides is 1. The lowest BCUT2D eigenvalue weighted by atomic mass is 10.1. The number of nitrogens with two attached hydrogens (primary N) is 1. The molecule has 0 aliphatic heterocycles. The Kier molecular flexibility index (Phi) is 7.55. The van der Waals surface area contributed by atoms with Crippen molar-refractivity contribution in [3.8, 4) is 11.3 Å². The number of aryl methyl sites for hydroxylation is 1. The van der Waals surface area contributed by atoms with Gasteiger partial charge >= 0.3 is 6.18 Å². The Morgan fingerprint density at radius 3 is 2.32 bits per heavy atom. The highest BCUT2D eigenvalue weighted by molar-refractivity contribution is 7.89. The SMILES string of the molecule is NS(=O)(=O)c1ccccc1CCCNc1nc(NCC(F)(F)F)c2nc(-c3ccc(F)cc3)ccc2n1. The van der Waals surface area contributed by atoms with Crippen LogP contribution in [0.3, 0.4) is 0 Å². The maximum Gasteiger partial charge on any atom is 0.405 e. The molecule has 0 aliphatic carbocycles. The number of aromatic nitrogens is 3. The van der Waals surface area contributed by atoms with E-state index in [4.69, 9.17) is 5.14 Å². The largest absolute Gasteiger partial charge is 0.405 e. The van der Waals surface area contributed by atoms with E-state index in [1.165, 1.54) is 30.3 Å². The van der Waals surface area contributed by atoms with E-state index in [-0.39, 0.29) is 22.2 Å². The van der Waals surface area contributed by atoms with Gasteiger partial charge in [0.2, 0.25) is 16.0 Å². The highest BCUT2D eigenvalue weighted by atomic mass is 32.2. The molecule has 0 atom stereocenters. The summed E-state index contributed by atoms with van der Waals surface area (Å²) in [6, 6.07) is 15.1. The van der Waals surface area contributed by atoms with E-state index in [0.29, 0.717) is 41.7 Å². The number of anilines is 2. The predicted molar refractivity (Wildman–Crippen MR) is 132 cm³/mol. The third kappa shape index (κ3) is 6.89. The smallest absolute Gasteiger partial charge is 0.359 e. The monoisotopic (exact) mass is 534 g/mol. The summed E-state index contributed by atoms with van der Waals surface area (Å²) in [5.74, 6) is -0.467. The number of hydrogen-bond acceptors (Lipinski definition) is 7. The van der Waals surface area contributed by atoms with Gasteiger partial charge in [-0.15, -0.1) is 0 Å². The van der Waals surface area contributed by atoms with Crippen LogP contribution < -0.4 is 15.8 Å². The van der Waals surface area contributed by atoms with Crippen LogP contribution in [0.15, 0.2) is 65.6 Å². The van der Waals surface area contributed by atoms with Crippen molar-refractivity contribution in [2.45, 2.75) is 23.9 Å². The lowest BCUT2D eigenvalue weighted by molar-refractivity contribution is -0.115. The normalized spacial score (nSPS) is 12.0. The van der Waals surface area contributed by atoms with Gasteiger partial charge in [0.15, 0.2) is 5.82 Å². The van der Waals surface area contributed by atoms with Crippen LogP contribution in [0, 0.1) is 5.82 Å². The average molecular weight is 535 g/mol. The van der Waals surface area contributed by atoms with E-state index in [0.717, 1.165) is 0 Å². The van der Waals surface area contributed by atoms with E-state index < -0.39 is 28.6 Å². The molecular weight excluding hydrogens is 512 g/mol. The molecule has 0 aliphatic rings. The van der Waals surface area contributed by atoms with Crippen molar-refractivity contribution in [1.29, 1.82) is 0 Å². The first-order valence-corrected chi connectivity index (χ1v) is 12.6. The minimum atomic E-state index is -4.49. The number of fused-ring (bicyclic) bond motifs is 1. The molecule has 0 fully saturated rings. The molecular formula is C24H22F4N6O2S. The first kappa shape index (κ1) is 26.2. The van der Waals surface area contributed by atoms with Crippen molar-refractivity contribution in [2.24, 2.45) is 5.14 Å². The molecule has 0 radical (unpaired) electrons. The minimum absolute atomic E-state index is 0.0404. The van der Waals surface area contributed by atoms with E-state index in [2.05, 4.69) is 25.6 Å². The van der Waals surface area contributed by atoms with Gasteiger partial charge in [-0.1, -0.05) is 18.2 Å². The lowest BCUT2D eigenvalue weighted by Crippen LogP contribution is -2.22. The summed E-state index contributed by atoms with van der Waals surface area (Å²) >= 11 is 0. The van der Waals surface area contributed by atoms with Gasteiger partial charge in [0.25, 0.3) is 0 Å². The van der Waals surface area contributed by atoms with Crippen molar-refractivity contribution < 1.29 is 26.0 Å². The summed E-state index contributed by atoms with van der Waals surface area (Å²) in [6.07, 6.45) is -3.63. The van der Waals surface area contributed by atoms with Crippen LogP contribution in [0.25, 0.3) is 22.3 Å². The standard InChI is InChI=1S/C24H22F4N6O2S/c25-17-9-7-15(8-10-17)18-11-12-19-21(32-18)22(31-14-24(26,27)28)34-23(33-19)30-13-3-5-16-4-1-2-6-20(16)37(29,35)36/h1-2,4,6-12H,3,5,13-14H2,(H2,29,35,36)(H2,30,31,33,34). The molecule has 4 aromatic rings. The van der Waals surface area contributed by atoms with Crippen LogP contribution in [0.1, 0.15) is 12.0 Å². The number of nitrogens with zero attached hydrogens (tertiary/aromatic N) is 3. The number of benzene rings is 2. The van der Waals surface area contributed by atoms with E-state index in [9.17, 15) is 26.0 Å². The molecule has 0 bridgehead atoms. The minimum Gasteiger partial charge on any atom is -0.359 e. The molecule has 0 saturated carbocycles. The molecule has 13 heteroatoms. The van der Waals surface area contributed by atoms with Gasteiger partial charge in [0, 0.05) is 12.1 Å². The second kappa shape index (κ2) is 10.6. The summed E-state index contributed by atoms with van der Waals surface area (Å²) in [5, 5.41) is 10.5. The van der Waals surface area contributed by atoms with Gasteiger partial charge in [-0.2, -0.15) is 18.2 Å². The van der Waals surface area contributed by atoms with Gasteiger partial charge in [0.05, 0.1) is 16.1 Å². The fourth-order valence-electron chi connectivity index (χ4n) is 3.65. The van der Waals surface area contributed by atoms with Crippen LogP contribution in [0.2, 0.25) is 0 Å². The molecule has 0 unspecified atom stereocenters. The Labute approximate surface area is 210 Å². The number of rotatable bonds is 9. The van der Waals surface area contributed by atoms with Gasteiger partial charge in [-0.05, 0) is 60.9 Å². The molecule has 0 saturated heterocycles. The Hall–Kier alpha value is -3.84. The van der Waals surface area contributed by atoms with E-state index in [1.807, 2.05) is 0 Å². The van der Waals surface area contributed by atoms with Gasteiger partial charge in [0.1, 0.15) is 17.9 Å². The fraction of sp³-hybridized carbons (Fsp3) is 0.208. The number of halogens is 4.